The lowest BCUT2D eigenvalue weighted by atomic mass is 10.1. The van der Waals surface area contributed by atoms with Gasteiger partial charge in [0.05, 0.1) is 16.2 Å². The number of nitrogens with one attached hydrogen (secondary N) is 1. The number of benzene rings is 2. The first-order valence-electron chi connectivity index (χ1n) is 9.99. The normalized spacial score (nSPS) is 11.5. The first-order valence-corrected chi connectivity index (χ1v) is 11.9. The van der Waals surface area contributed by atoms with Crippen LogP contribution < -0.4 is 10.1 Å². The molecule has 2 heterocycles. The minimum absolute atomic E-state index is 0.144. The first-order chi connectivity index (χ1) is 15.2. The van der Waals surface area contributed by atoms with Crippen LogP contribution in [0, 0.1) is 13.8 Å². The van der Waals surface area contributed by atoms with Gasteiger partial charge in [-0.1, -0.05) is 24.3 Å². The number of aromatic nitrogens is 2. The largest absolute Gasteiger partial charge is 0.486 e. The second-order valence-electron chi connectivity index (χ2n) is 7.64. The second-order valence-corrected chi connectivity index (χ2v) is 9.66. The Labute approximate surface area is 186 Å². The number of nitrogens with zero attached hydrogens (tertiary/aromatic N) is 2. The number of carbonyl (C=O) groups excluding carboxylic acids is 1. The van der Waals surface area contributed by atoms with Crippen LogP contribution in [0.1, 0.15) is 27.2 Å². The summed E-state index contributed by atoms with van der Waals surface area (Å²) in [5.74, 6) is 0.0240. The molecular formula is C24H23N3O4S. The molecule has 0 radical (unpaired) electrons. The van der Waals surface area contributed by atoms with Crippen LogP contribution in [0.25, 0.3) is 5.65 Å². The van der Waals surface area contributed by atoms with Crippen molar-refractivity contribution in [2.45, 2.75) is 25.3 Å². The van der Waals surface area contributed by atoms with Gasteiger partial charge >= 0.3 is 0 Å². The van der Waals surface area contributed by atoms with E-state index in [2.05, 4.69) is 10.3 Å². The molecule has 0 unspecified atom stereocenters. The molecule has 4 rings (SSSR count). The summed E-state index contributed by atoms with van der Waals surface area (Å²) < 4.78 is 31.6. The number of amides is 1. The number of carbonyl (C=O) groups is 1. The van der Waals surface area contributed by atoms with E-state index in [0.717, 1.165) is 28.7 Å². The van der Waals surface area contributed by atoms with Crippen LogP contribution in [0.4, 0.5) is 5.69 Å². The molecule has 2 aromatic heterocycles. The first kappa shape index (κ1) is 21.6. The monoisotopic (exact) mass is 449 g/mol. The number of ether oxygens (including phenoxy) is 1. The van der Waals surface area contributed by atoms with E-state index < -0.39 is 9.84 Å². The van der Waals surface area contributed by atoms with E-state index in [1.165, 1.54) is 12.1 Å². The maximum absolute atomic E-state index is 13.0. The molecule has 4 aromatic rings. The maximum atomic E-state index is 13.0. The standard InChI is InChI=1S/C24H23N3O4S/c1-16-10-11-19(32(3,29)30)13-21(16)26-24(28)20-8-4-5-9-22(20)31-15-18-14-27-12-6-7-17(2)23(27)25-18/h4-14H,15H2,1-3H3,(H,26,28). The lowest BCUT2D eigenvalue weighted by Gasteiger charge is -2.13. The zero-order valence-electron chi connectivity index (χ0n) is 18.0. The van der Waals surface area contributed by atoms with Gasteiger partial charge in [0.1, 0.15) is 18.0 Å². The summed E-state index contributed by atoms with van der Waals surface area (Å²) in [6.45, 7) is 4.00. The average molecular weight is 450 g/mol. The van der Waals surface area contributed by atoms with Gasteiger partial charge in [-0.05, 0) is 55.3 Å². The number of sulfone groups is 1. The lowest BCUT2D eigenvalue weighted by Crippen LogP contribution is -2.15. The Hall–Kier alpha value is -3.65. The van der Waals surface area contributed by atoms with Crippen LogP contribution in [0.3, 0.4) is 0 Å². The number of imidazole rings is 1. The van der Waals surface area contributed by atoms with Gasteiger partial charge in [-0.3, -0.25) is 4.79 Å². The van der Waals surface area contributed by atoms with Crippen molar-refractivity contribution < 1.29 is 17.9 Å². The summed E-state index contributed by atoms with van der Waals surface area (Å²) in [6, 6.07) is 15.5. The van der Waals surface area contributed by atoms with Crippen molar-refractivity contribution >= 4 is 27.1 Å². The summed E-state index contributed by atoms with van der Waals surface area (Å²) in [6.07, 6.45) is 4.95. The Morgan fingerprint density at radius 1 is 1.06 bits per heavy atom. The van der Waals surface area contributed by atoms with E-state index >= 15 is 0 Å². The van der Waals surface area contributed by atoms with E-state index in [1.807, 2.05) is 35.9 Å². The maximum Gasteiger partial charge on any atom is 0.259 e. The number of anilines is 1. The van der Waals surface area contributed by atoms with E-state index in [0.29, 0.717) is 17.0 Å². The van der Waals surface area contributed by atoms with Crippen molar-refractivity contribution in [1.29, 1.82) is 0 Å². The van der Waals surface area contributed by atoms with Crippen LogP contribution in [0.15, 0.2) is 71.9 Å². The Kier molecular flexibility index (Phi) is 5.71. The highest BCUT2D eigenvalue weighted by Gasteiger charge is 2.16. The molecule has 0 fully saturated rings. The van der Waals surface area contributed by atoms with E-state index in [4.69, 9.17) is 4.74 Å². The van der Waals surface area contributed by atoms with Crippen molar-refractivity contribution in [3.63, 3.8) is 0 Å². The molecule has 0 bridgehead atoms. The lowest BCUT2D eigenvalue weighted by molar-refractivity contribution is 0.102. The van der Waals surface area contributed by atoms with Crippen molar-refractivity contribution in [2.75, 3.05) is 11.6 Å². The van der Waals surface area contributed by atoms with Gasteiger partial charge in [-0.15, -0.1) is 0 Å². The Bertz CT molecular complexity index is 1420. The highest BCUT2D eigenvalue weighted by Crippen LogP contribution is 2.24. The topological polar surface area (TPSA) is 89.8 Å². The number of rotatable bonds is 6. The van der Waals surface area contributed by atoms with Gasteiger partial charge in [0.15, 0.2) is 9.84 Å². The van der Waals surface area contributed by atoms with Crippen molar-refractivity contribution in [1.82, 2.24) is 9.38 Å². The SMILES string of the molecule is Cc1ccc(S(C)(=O)=O)cc1NC(=O)c1ccccc1OCc1cn2cccc(C)c2n1. The number of aryl methyl sites for hydroxylation is 2. The third-order valence-corrected chi connectivity index (χ3v) is 6.23. The van der Waals surface area contributed by atoms with Gasteiger partial charge in [-0.2, -0.15) is 0 Å². The minimum atomic E-state index is -3.39. The number of hydrogen-bond acceptors (Lipinski definition) is 5. The third kappa shape index (κ3) is 4.50. The summed E-state index contributed by atoms with van der Waals surface area (Å²) in [5.41, 5.74) is 4.19. The second kappa shape index (κ2) is 8.47. The van der Waals surface area contributed by atoms with Gasteiger partial charge in [0.2, 0.25) is 0 Å². The fourth-order valence-corrected chi connectivity index (χ4v) is 4.01. The highest BCUT2D eigenvalue weighted by molar-refractivity contribution is 7.90. The molecule has 0 aliphatic carbocycles. The summed E-state index contributed by atoms with van der Waals surface area (Å²) in [7, 11) is -3.39. The zero-order chi connectivity index (χ0) is 22.9. The molecule has 1 N–H and O–H groups in total. The highest BCUT2D eigenvalue weighted by atomic mass is 32.2. The minimum Gasteiger partial charge on any atom is -0.486 e. The van der Waals surface area contributed by atoms with E-state index in [9.17, 15) is 13.2 Å². The molecule has 0 aliphatic rings. The molecule has 1 amide bonds. The predicted molar refractivity (Wildman–Crippen MR) is 123 cm³/mol. The fraction of sp³-hybridized carbons (Fsp3) is 0.167. The van der Waals surface area contributed by atoms with Gasteiger partial charge < -0.3 is 14.5 Å². The summed E-state index contributed by atoms with van der Waals surface area (Å²) in [4.78, 5) is 17.7. The van der Waals surface area contributed by atoms with Crippen molar-refractivity contribution in [2.24, 2.45) is 0 Å². The molecule has 8 heteroatoms. The zero-order valence-corrected chi connectivity index (χ0v) is 18.8. The predicted octanol–water partition coefficient (Wildman–Crippen LogP) is 4.19. The Morgan fingerprint density at radius 2 is 1.84 bits per heavy atom. The van der Waals surface area contributed by atoms with Crippen molar-refractivity contribution in [3.8, 4) is 5.75 Å². The molecule has 32 heavy (non-hydrogen) atoms. The van der Waals surface area contributed by atoms with Crippen LogP contribution in [-0.4, -0.2) is 30.0 Å². The van der Waals surface area contributed by atoms with Crippen molar-refractivity contribution in [3.05, 3.63) is 89.4 Å². The number of pyridine rings is 1. The quantitative estimate of drug-likeness (QED) is 0.477. The molecule has 2 aromatic carbocycles. The van der Waals surface area contributed by atoms with Crippen LogP contribution >= 0.6 is 0 Å². The molecule has 0 aliphatic heterocycles. The Morgan fingerprint density at radius 3 is 2.59 bits per heavy atom. The number of fused-ring (bicyclic) bond motifs is 1. The summed E-state index contributed by atoms with van der Waals surface area (Å²) >= 11 is 0. The molecular weight excluding hydrogens is 426 g/mol. The molecule has 0 atom stereocenters. The Balaban J connectivity index is 1.55. The van der Waals surface area contributed by atoms with E-state index in [1.54, 1.807) is 37.3 Å². The molecule has 164 valence electrons. The van der Waals surface area contributed by atoms with Crippen LogP contribution in [0.5, 0.6) is 5.75 Å². The molecule has 0 saturated carbocycles. The van der Waals surface area contributed by atoms with Gasteiger partial charge in [0.25, 0.3) is 5.91 Å². The third-order valence-electron chi connectivity index (χ3n) is 5.12. The smallest absolute Gasteiger partial charge is 0.259 e. The summed E-state index contributed by atoms with van der Waals surface area (Å²) in [5, 5.41) is 2.80. The van der Waals surface area contributed by atoms with Gasteiger partial charge in [0, 0.05) is 24.3 Å². The van der Waals surface area contributed by atoms with Crippen LogP contribution in [0.2, 0.25) is 0 Å². The molecule has 7 nitrogen and oxygen atoms in total. The van der Waals surface area contributed by atoms with Gasteiger partial charge in [-0.25, -0.2) is 13.4 Å². The average Bonchev–Trinajstić information content (AvgIpc) is 3.18. The van der Waals surface area contributed by atoms with E-state index in [-0.39, 0.29) is 17.4 Å². The fourth-order valence-electron chi connectivity index (χ4n) is 3.36. The van der Waals surface area contributed by atoms with Crippen LogP contribution in [-0.2, 0) is 16.4 Å². The number of hydrogen-bond donors (Lipinski definition) is 1. The number of para-hydroxylation sites is 1. The molecule has 0 saturated heterocycles. The molecule has 0 spiro atoms.